The van der Waals surface area contributed by atoms with Crippen molar-refractivity contribution in [3.05, 3.63) is 23.8 Å². The molecule has 3 saturated heterocycles. The Balaban J connectivity index is 1.39. The average molecular weight is 435 g/mol. The normalized spacial score (nSPS) is 24.4. The number of ether oxygens (including phenoxy) is 4. The van der Waals surface area contributed by atoms with Gasteiger partial charge in [-0.25, -0.2) is 0 Å². The van der Waals surface area contributed by atoms with Crippen molar-refractivity contribution in [1.82, 2.24) is 9.80 Å². The van der Waals surface area contributed by atoms with Crippen molar-refractivity contribution >= 4 is 5.97 Å². The number of nitrogens with zero attached hydrogens (tertiary/aromatic N) is 2. The number of hydrogen-bond acceptors (Lipinski definition) is 7. The summed E-state index contributed by atoms with van der Waals surface area (Å²) in [4.78, 5) is 16.5. The second-order valence-electron chi connectivity index (χ2n) is 8.82. The third kappa shape index (κ3) is 5.31. The van der Waals surface area contributed by atoms with Gasteiger partial charge in [-0.3, -0.25) is 14.6 Å². The molecule has 1 spiro atoms. The van der Waals surface area contributed by atoms with Crippen LogP contribution in [0.1, 0.15) is 18.4 Å². The fourth-order valence-electron chi connectivity index (χ4n) is 5.12. The van der Waals surface area contributed by atoms with Crippen LogP contribution in [0.5, 0.6) is 11.5 Å². The Morgan fingerprint density at radius 2 is 1.87 bits per heavy atom. The van der Waals surface area contributed by atoms with Crippen LogP contribution in [0, 0.1) is 11.3 Å². The summed E-state index contributed by atoms with van der Waals surface area (Å²) in [6.07, 6.45) is 1.64. The molecule has 0 saturated carbocycles. The first-order valence-corrected chi connectivity index (χ1v) is 11.2. The van der Waals surface area contributed by atoms with Crippen molar-refractivity contribution in [3.63, 3.8) is 0 Å². The molecule has 8 nitrogen and oxygen atoms in total. The smallest absolute Gasteiger partial charge is 0.308 e. The largest absolute Gasteiger partial charge is 0.493 e. The Labute approximate surface area is 184 Å². The highest BCUT2D eigenvalue weighted by atomic mass is 16.5. The lowest BCUT2D eigenvalue weighted by molar-refractivity contribution is -0.147. The van der Waals surface area contributed by atoms with E-state index in [4.69, 9.17) is 18.9 Å². The van der Waals surface area contributed by atoms with Gasteiger partial charge < -0.3 is 24.1 Å². The minimum atomic E-state index is -0.689. The third-order valence-corrected chi connectivity index (χ3v) is 6.91. The van der Waals surface area contributed by atoms with Gasteiger partial charge in [-0.05, 0) is 30.5 Å². The molecule has 4 rings (SSSR count). The van der Waals surface area contributed by atoms with Gasteiger partial charge in [0.2, 0.25) is 0 Å². The molecule has 1 aromatic carbocycles. The topological polar surface area (TPSA) is 80.7 Å². The highest BCUT2D eigenvalue weighted by molar-refractivity contribution is 5.72. The van der Waals surface area contributed by atoms with E-state index in [1.165, 1.54) is 0 Å². The minimum absolute atomic E-state index is 0.173. The van der Waals surface area contributed by atoms with E-state index in [0.717, 1.165) is 69.3 Å². The first kappa shape index (κ1) is 22.3. The van der Waals surface area contributed by atoms with Gasteiger partial charge >= 0.3 is 5.97 Å². The number of carbonyl (C=O) groups is 1. The summed E-state index contributed by atoms with van der Waals surface area (Å²) in [6, 6.07) is 6.01. The summed E-state index contributed by atoms with van der Waals surface area (Å²) in [5.74, 6) is 0.435. The maximum atomic E-state index is 11.9. The third-order valence-electron chi connectivity index (χ3n) is 6.91. The van der Waals surface area contributed by atoms with E-state index in [9.17, 15) is 9.90 Å². The molecule has 0 radical (unpaired) electrons. The lowest BCUT2D eigenvalue weighted by Gasteiger charge is -2.36. The molecule has 3 aliphatic rings. The van der Waals surface area contributed by atoms with Gasteiger partial charge in [0.05, 0.1) is 26.2 Å². The Bertz CT molecular complexity index is 746. The quantitative estimate of drug-likeness (QED) is 0.663. The maximum absolute atomic E-state index is 11.9. The van der Waals surface area contributed by atoms with Crippen LogP contribution < -0.4 is 9.47 Å². The zero-order valence-electron chi connectivity index (χ0n) is 18.4. The van der Waals surface area contributed by atoms with Crippen molar-refractivity contribution < 1.29 is 28.8 Å². The number of hydrogen-bond donors (Lipinski definition) is 1. The lowest BCUT2D eigenvalue weighted by atomic mass is 9.72. The van der Waals surface area contributed by atoms with Gasteiger partial charge in [0.15, 0.2) is 11.5 Å². The fourth-order valence-corrected chi connectivity index (χ4v) is 5.12. The monoisotopic (exact) mass is 434 g/mol. The van der Waals surface area contributed by atoms with Crippen molar-refractivity contribution in [2.75, 3.05) is 72.9 Å². The number of carboxylic acid groups (broad SMARTS) is 1. The first-order chi connectivity index (χ1) is 15.1. The predicted molar refractivity (Wildman–Crippen MR) is 115 cm³/mol. The van der Waals surface area contributed by atoms with Crippen LogP contribution in [0.25, 0.3) is 0 Å². The van der Waals surface area contributed by atoms with Gasteiger partial charge in [-0.1, -0.05) is 6.07 Å². The van der Waals surface area contributed by atoms with E-state index in [-0.39, 0.29) is 11.3 Å². The molecule has 172 valence electrons. The van der Waals surface area contributed by atoms with E-state index in [2.05, 4.69) is 9.80 Å². The number of methoxy groups -OCH3 is 1. The summed E-state index contributed by atoms with van der Waals surface area (Å²) in [7, 11) is 1.65. The Morgan fingerprint density at radius 3 is 2.58 bits per heavy atom. The number of likely N-dealkylation sites (tertiary alicyclic amines) is 1. The second-order valence-corrected chi connectivity index (χ2v) is 8.82. The molecule has 3 heterocycles. The van der Waals surface area contributed by atoms with E-state index in [0.29, 0.717) is 32.9 Å². The number of aliphatic carboxylic acids is 1. The zero-order valence-corrected chi connectivity index (χ0v) is 18.4. The SMILES string of the molecule is COc1ccc(CN2CC(C(=O)O)C3(CCOCC3)C2)cc1OCCN1CCOCC1. The summed E-state index contributed by atoms with van der Waals surface area (Å²) in [5, 5.41) is 9.82. The second kappa shape index (κ2) is 10.2. The van der Waals surface area contributed by atoms with Crippen molar-refractivity contribution in [2.45, 2.75) is 19.4 Å². The average Bonchev–Trinajstić information content (AvgIpc) is 3.12. The first-order valence-electron chi connectivity index (χ1n) is 11.2. The molecule has 0 aliphatic carbocycles. The standard InChI is InChI=1S/C23H34N2O6/c1-28-20-3-2-18(14-21(20)31-13-8-24-6-11-30-12-7-24)15-25-16-19(22(26)27)23(17-25)4-9-29-10-5-23/h2-3,14,19H,4-13,15-17H2,1H3,(H,26,27). The van der Waals surface area contributed by atoms with Gasteiger partial charge in [0.25, 0.3) is 0 Å². The van der Waals surface area contributed by atoms with Gasteiger partial charge in [-0.2, -0.15) is 0 Å². The zero-order chi connectivity index (χ0) is 21.7. The molecular weight excluding hydrogens is 400 g/mol. The van der Waals surface area contributed by atoms with Crippen LogP contribution >= 0.6 is 0 Å². The molecule has 8 heteroatoms. The maximum Gasteiger partial charge on any atom is 0.308 e. The van der Waals surface area contributed by atoms with Crippen LogP contribution in [0.3, 0.4) is 0 Å². The molecule has 0 amide bonds. The summed E-state index contributed by atoms with van der Waals surface area (Å²) < 4.78 is 22.5. The summed E-state index contributed by atoms with van der Waals surface area (Å²) >= 11 is 0. The van der Waals surface area contributed by atoms with E-state index in [1.807, 2.05) is 18.2 Å². The molecule has 0 aromatic heterocycles. The number of morpholine rings is 1. The highest BCUT2D eigenvalue weighted by Crippen LogP contribution is 2.45. The van der Waals surface area contributed by atoms with Crippen molar-refractivity contribution in [3.8, 4) is 11.5 Å². The number of rotatable bonds is 8. The van der Waals surface area contributed by atoms with Crippen molar-refractivity contribution in [2.24, 2.45) is 11.3 Å². The van der Waals surface area contributed by atoms with Crippen LogP contribution in [0.15, 0.2) is 18.2 Å². The van der Waals surface area contributed by atoms with Crippen LogP contribution in [-0.4, -0.2) is 93.7 Å². The van der Waals surface area contributed by atoms with Gasteiger partial charge in [-0.15, -0.1) is 0 Å². The van der Waals surface area contributed by atoms with Crippen LogP contribution in [0.4, 0.5) is 0 Å². The summed E-state index contributed by atoms with van der Waals surface area (Å²) in [6.45, 7) is 8.26. The minimum Gasteiger partial charge on any atom is -0.493 e. The predicted octanol–water partition coefficient (Wildman–Crippen LogP) is 1.72. The Morgan fingerprint density at radius 1 is 1.13 bits per heavy atom. The molecule has 1 N–H and O–H groups in total. The van der Waals surface area contributed by atoms with Gasteiger partial charge in [0, 0.05) is 57.9 Å². The number of benzene rings is 1. The fraction of sp³-hybridized carbons (Fsp3) is 0.696. The molecule has 3 fully saturated rings. The summed E-state index contributed by atoms with van der Waals surface area (Å²) in [5.41, 5.74) is 0.934. The van der Waals surface area contributed by atoms with Crippen LogP contribution in [-0.2, 0) is 20.8 Å². The van der Waals surface area contributed by atoms with E-state index >= 15 is 0 Å². The molecule has 1 aromatic rings. The molecule has 3 aliphatic heterocycles. The van der Waals surface area contributed by atoms with Crippen LogP contribution in [0.2, 0.25) is 0 Å². The molecule has 1 unspecified atom stereocenters. The number of carboxylic acids is 1. The van der Waals surface area contributed by atoms with E-state index in [1.54, 1.807) is 7.11 Å². The molecule has 1 atom stereocenters. The van der Waals surface area contributed by atoms with E-state index < -0.39 is 5.97 Å². The Kier molecular flexibility index (Phi) is 7.32. The molecule has 0 bridgehead atoms. The molecule has 31 heavy (non-hydrogen) atoms. The van der Waals surface area contributed by atoms with Crippen molar-refractivity contribution in [1.29, 1.82) is 0 Å². The molecular formula is C23H34N2O6. The van der Waals surface area contributed by atoms with Gasteiger partial charge in [0.1, 0.15) is 6.61 Å². The lowest BCUT2D eigenvalue weighted by Crippen LogP contribution is -2.40. The highest BCUT2D eigenvalue weighted by Gasteiger charge is 2.50. The Hall–Kier alpha value is -1.87.